The van der Waals surface area contributed by atoms with Gasteiger partial charge in [-0.05, 0) is 18.2 Å². The molecule has 2 rings (SSSR count). The van der Waals surface area contributed by atoms with E-state index < -0.39 is 11.8 Å². The molecule has 2 aromatic rings. The summed E-state index contributed by atoms with van der Waals surface area (Å²) in [4.78, 5) is 22.5. The molecule has 0 atom stereocenters. The number of rotatable bonds is 3. The zero-order valence-corrected chi connectivity index (χ0v) is 9.51. The van der Waals surface area contributed by atoms with Crippen molar-refractivity contribution < 1.29 is 14.0 Å². The van der Waals surface area contributed by atoms with Crippen LogP contribution in [0.4, 0.5) is 4.39 Å². The molecule has 2 amide bonds. The number of fused-ring (bicyclic) bond motifs is 1. The van der Waals surface area contributed by atoms with Crippen LogP contribution in [0, 0.1) is 5.82 Å². The van der Waals surface area contributed by atoms with E-state index in [0.717, 1.165) is 0 Å². The molecular weight excluding hydrogens is 243 g/mol. The number of hydrogen-bond donors (Lipinski definition) is 2. The minimum Gasteiger partial charge on any atom is -0.368 e. The van der Waals surface area contributed by atoms with Gasteiger partial charge in [-0.3, -0.25) is 9.59 Å². The largest absolute Gasteiger partial charge is 0.368 e. The first-order chi connectivity index (χ1) is 8.08. The average Bonchev–Trinajstić information content (AvgIpc) is 2.71. The zero-order valence-electron chi connectivity index (χ0n) is 8.70. The Morgan fingerprint density at radius 3 is 2.82 bits per heavy atom. The Kier molecular flexibility index (Phi) is 3.06. The summed E-state index contributed by atoms with van der Waals surface area (Å²) in [5, 5.41) is 2.76. The number of primary amides is 1. The topological polar surface area (TPSA) is 72.2 Å². The van der Waals surface area contributed by atoms with Crippen molar-refractivity contribution in [2.75, 3.05) is 6.54 Å². The van der Waals surface area contributed by atoms with Crippen molar-refractivity contribution in [3.8, 4) is 0 Å². The first-order valence-electron chi connectivity index (χ1n) is 4.82. The highest BCUT2D eigenvalue weighted by Crippen LogP contribution is 2.27. The molecule has 0 radical (unpaired) electrons. The lowest BCUT2D eigenvalue weighted by molar-refractivity contribution is -0.117. The summed E-state index contributed by atoms with van der Waals surface area (Å²) in [7, 11) is 0. The van der Waals surface area contributed by atoms with E-state index in [1.54, 1.807) is 12.1 Å². The van der Waals surface area contributed by atoms with Crippen molar-refractivity contribution >= 4 is 33.2 Å². The monoisotopic (exact) mass is 252 g/mol. The predicted molar refractivity (Wildman–Crippen MR) is 63.3 cm³/mol. The number of amides is 2. The summed E-state index contributed by atoms with van der Waals surface area (Å²) in [6.45, 7) is -0.227. The standard InChI is InChI=1S/C11H9FN2O2S/c12-7-2-1-3-8-6(7)4-9(17-8)11(16)14-5-10(13)15/h1-4H,5H2,(H2,13,15)(H,14,16). The van der Waals surface area contributed by atoms with Crippen molar-refractivity contribution in [1.82, 2.24) is 5.32 Å². The number of carbonyl (C=O) groups excluding carboxylic acids is 2. The van der Waals surface area contributed by atoms with E-state index in [9.17, 15) is 14.0 Å². The molecule has 0 aliphatic rings. The van der Waals surface area contributed by atoms with Crippen molar-refractivity contribution in [2.45, 2.75) is 0 Å². The minimum absolute atomic E-state index is 0.227. The highest BCUT2D eigenvalue weighted by Gasteiger charge is 2.12. The SMILES string of the molecule is NC(=O)CNC(=O)c1cc2c(F)cccc2s1. The van der Waals surface area contributed by atoms with Gasteiger partial charge in [-0.1, -0.05) is 6.07 Å². The summed E-state index contributed by atoms with van der Waals surface area (Å²) < 4.78 is 14.1. The second-order valence-electron chi connectivity index (χ2n) is 3.41. The second-order valence-corrected chi connectivity index (χ2v) is 4.50. The smallest absolute Gasteiger partial charge is 0.261 e. The summed E-state index contributed by atoms with van der Waals surface area (Å²) >= 11 is 1.17. The van der Waals surface area contributed by atoms with E-state index in [-0.39, 0.29) is 12.4 Å². The first kappa shape index (κ1) is 11.5. The Hall–Kier alpha value is -1.95. The molecule has 1 aromatic carbocycles. The molecule has 1 heterocycles. The lowest BCUT2D eigenvalue weighted by Crippen LogP contribution is -2.32. The number of benzene rings is 1. The molecule has 6 heteroatoms. The van der Waals surface area contributed by atoms with Crippen LogP contribution in [-0.2, 0) is 4.79 Å². The van der Waals surface area contributed by atoms with Crippen molar-refractivity contribution in [1.29, 1.82) is 0 Å². The molecule has 3 N–H and O–H groups in total. The van der Waals surface area contributed by atoms with Crippen LogP contribution >= 0.6 is 11.3 Å². The molecule has 88 valence electrons. The molecule has 0 bridgehead atoms. The predicted octanol–water partition coefficient (Wildman–Crippen LogP) is 1.26. The van der Waals surface area contributed by atoms with E-state index >= 15 is 0 Å². The van der Waals surface area contributed by atoms with E-state index in [0.29, 0.717) is 15.0 Å². The van der Waals surface area contributed by atoms with Crippen molar-refractivity contribution in [3.63, 3.8) is 0 Å². The highest BCUT2D eigenvalue weighted by molar-refractivity contribution is 7.20. The lowest BCUT2D eigenvalue weighted by atomic mass is 10.2. The zero-order chi connectivity index (χ0) is 12.4. The van der Waals surface area contributed by atoms with Crippen LogP contribution in [-0.4, -0.2) is 18.4 Å². The normalized spacial score (nSPS) is 10.4. The maximum Gasteiger partial charge on any atom is 0.261 e. The van der Waals surface area contributed by atoms with E-state index in [2.05, 4.69) is 5.32 Å². The molecule has 0 aliphatic carbocycles. The van der Waals surface area contributed by atoms with Crippen LogP contribution < -0.4 is 11.1 Å². The number of nitrogens with one attached hydrogen (secondary N) is 1. The van der Waals surface area contributed by atoms with Gasteiger partial charge in [-0.2, -0.15) is 0 Å². The van der Waals surface area contributed by atoms with Gasteiger partial charge in [0.1, 0.15) is 5.82 Å². The lowest BCUT2D eigenvalue weighted by Gasteiger charge is -1.98. The van der Waals surface area contributed by atoms with Crippen LogP contribution in [0.2, 0.25) is 0 Å². The summed E-state index contributed by atoms with van der Waals surface area (Å²) in [6, 6.07) is 6.11. The third-order valence-corrected chi connectivity index (χ3v) is 3.25. The fraction of sp³-hybridized carbons (Fsp3) is 0.0909. The molecule has 0 spiro atoms. The maximum atomic E-state index is 13.4. The second kappa shape index (κ2) is 4.50. The van der Waals surface area contributed by atoms with Gasteiger partial charge in [-0.25, -0.2) is 4.39 Å². The van der Waals surface area contributed by atoms with Gasteiger partial charge in [0, 0.05) is 10.1 Å². The number of carbonyl (C=O) groups is 2. The van der Waals surface area contributed by atoms with Crippen LogP contribution in [0.5, 0.6) is 0 Å². The molecule has 0 unspecified atom stereocenters. The minimum atomic E-state index is -0.620. The maximum absolute atomic E-state index is 13.4. The average molecular weight is 252 g/mol. The van der Waals surface area contributed by atoms with Crippen LogP contribution in [0.1, 0.15) is 9.67 Å². The van der Waals surface area contributed by atoms with Crippen molar-refractivity contribution in [3.05, 3.63) is 35.0 Å². The van der Waals surface area contributed by atoms with Gasteiger partial charge in [0.15, 0.2) is 0 Å². The van der Waals surface area contributed by atoms with Gasteiger partial charge in [0.2, 0.25) is 5.91 Å². The quantitative estimate of drug-likeness (QED) is 0.863. The van der Waals surface area contributed by atoms with Gasteiger partial charge in [0.25, 0.3) is 5.91 Å². The third kappa shape index (κ3) is 2.42. The van der Waals surface area contributed by atoms with E-state index in [1.807, 2.05) is 0 Å². The molecule has 0 fully saturated rings. The van der Waals surface area contributed by atoms with Gasteiger partial charge in [-0.15, -0.1) is 11.3 Å². The van der Waals surface area contributed by atoms with Crippen LogP contribution in [0.25, 0.3) is 10.1 Å². The molecule has 17 heavy (non-hydrogen) atoms. The Balaban J connectivity index is 2.27. The Bertz CT molecular complexity index is 594. The van der Waals surface area contributed by atoms with E-state index in [1.165, 1.54) is 23.5 Å². The number of thiophene rings is 1. The fourth-order valence-electron chi connectivity index (χ4n) is 1.39. The number of hydrogen-bond acceptors (Lipinski definition) is 3. The summed E-state index contributed by atoms with van der Waals surface area (Å²) in [6.07, 6.45) is 0. The van der Waals surface area contributed by atoms with Gasteiger partial charge >= 0.3 is 0 Å². The van der Waals surface area contributed by atoms with Crippen molar-refractivity contribution in [2.24, 2.45) is 5.73 Å². The summed E-state index contributed by atoms with van der Waals surface area (Å²) in [5.74, 6) is -1.41. The van der Waals surface area contributed by atoms with Crippen LogP contribution in [0.15, 0.2) is 24.3 Å². The molecule has 0 aliphatic heterocycles. The Labute approximate surface area is 100 Å². The summed E-state index contributed by atoms with van der Waals surface area (Å²) in [5.41, 5.74) is 4.91. The van der Waals surface area contributed by atoms with E-state index in [4.69, 9.17) is 5.73 Å². The molecular formula is C11H9FN2O2S. The number of halogens is 1. The molecule has 0 saturated heterocycles. The Morgan fingerprint density at radius 2 is 2.18 bits per heavy atom. The first-order valence-corrected chi connectivity index (χ1v) is 5.64. The fourth-order valence-corrected chi connectivity index (χ4v) is 2.38. The highest BCUT2D eigenvalue weighted by atomic mass is 32.1. The molecule has 1 aromatic heterocycles. The van der Waals surface area contributed by atoms with Crippen LogP contribution in [0.3, 0.4) is 0 Å². The Morgan fingerprint density at radius 1 is 1.41 bits per heavy atom. The molecule has 4 nitrogen and oxygen atoms in total. The van der Waals surface area contributed by atoms with Gasteiger partial charge in [0.05, 0.1) is 11.4 Å². The molecule has 0 saturated carbocycles. The van der Waals surface area contributed by atoms with Gasteiger partial charge < -0.3 is 11.1 Å². The third-order valence-electron chi connectivity index (χ3n) is 2.16. The number of nitrogens with two attached hydrogens (primary N) is 1.